The second kappa shape index (κ2) is 6.31. The normalized spacial score (nSPS) is 18.1. The first-order valence-corrected chi connectivity index (χ1v) is 7.62. The number of nitrogens with zero attached hydrogens (tertiary/aromatic N) is 1. The van der Waals surface area contributed by atoms with Crippen LogP contribution in [0.2, 0.25) is 0 Å². The number of nitrogens with one attached hydrogen (secondary N) is 1. The van der Waals surface area contributed by atoms with Gasteiger partial charge in [0.25, 0.3) is 0 Å². The summed E-state index contributed by atoms with van der Waals surface area (Å²) in [5.74, 6) is 2.52. The molecule has 1 saturated heterocycles. The first-order chi connectivity index (χ1) is 8.31. The highest BCUT2D eigenvalue weighted by Gasteiger charge is 2.11. The predicted octanol–water partition coefficient (Wildman–Crippen LogP) is 2.91. The summed E-state index contributed by atoms with van der Waals surface area (Å²) in [6, 6.07) is 9.48. The molecule has 1 aliphatic heterocycles. The second-order valence-corrected chi connectivity index (χ2v) is 5.70. The van der Waals surface area contributed by atoms with Gasteiger partial charge in [-0.15, -0.1) is 0 Å². The van der Waals surface area contributed by atoms with Crippen LogP contribution in [0.15, 0.2) is 24.3 Å². The molecule has 0 amide bonds. The molecule has 0 aromatic heterocycles. The standard InChI is InChI=1S/C14H22N2S/c1-3-15-12(2)13-4-6-14(7-5-13)16-8-10-17-11-9-16/h4-7,12,15H,3,8-11H2,1-2H3. The molecule has 2 rings (SSSR count). The molecule has 0 aliphatic carbocycles. The van der Waals surface area contributed by atoms with E-state index in [4.69, 9.17) is 0 Å². The minimum absolute atomic E-state index is 0.450. The van der Waals surface area contributed by atoms with Crippen molar-refractivity contribution in [3.8, 4) is 0 Å². The summed E-state index contributed by atoms with van der Waals surface area (Å²) in [5.41, 5.74) is 2.75. The van der Waals surface area contributed by atoms with Crippen molar-refractivity contribution < 1.29 is 0 Å². The molecule has 94 valence electrons. The Balaban J connectivity index is 2.01. The molecule has 0 radical (unpaired) electrons. The Labute approximate surface area is 109 Å². The summed E-state index contributed by atoms with van der Waals surface area (Å²) < 4.78 is 0. The van der Waals surface area contributed by atoms with Crippen LogP contribution in [-0.4, -0.2) is 31.1 Å². The van der Waals surface area contributed by atoms with Gasteiger partial charge < -0.3 is 10.2 Å². The smallest absolute Gasteiger partial charge is 0.0366 e. The van der Waals surface area contributed by atoms with Crippen molar-refractivity contribution in [2.24, 2.45) is 0 Å². The van der Waals surface area contributed by atoms with Gasteiger partial charge in [0, 0.05) is 36.3 Å². The summed E-state index contributed by atoms with van der Waals surface area (Å²) in [6.45, 7) is 7.76. The van der Waals surface area contributed by atoms with Crippen LogP contribution >= 0.6 is 11.8 Å². The third-order valence-electron chi connectivity index (χ3n) is 3.28. The van der Waals surface area contributed by atoms with Crippen molar-refractivity contribution in [3.05, 3.63) is 29.8 Å². The van der Waals surface area contributed by atoms with Crippen LogP contribution in [0.5, 0.6) is 0 Å². The van der Waals surface area contributed by atoms with E-state index in [-0.39, 0.29) is 0 Å². The number of hydrogen-bond donors (Lipinski definition) is 1. The molecule has 1 unspecified atom stereocenters. The minimum Gasteiger partial charge on any atom is -0.370 e. The number of anilines is 1. The summed E-state index contributed by atoms with van der Waals surface area (Å²) in [7, 11) is 0. The van der Waals surface area contributed by atoms with Crippen molar-refractivity contribution in [3.63, 3.8) is 0 Å². The van der Waals surface area contributed by atoms with Gasteiger partial charge in [-0.25, -0.2) is 0 Å². The second-order valence-electron chi connectivity index (χ2n) is 4.47. The molecule has 0 spiro atoms. The van der Waals surface area contributed by atoms with Crippen LogP contribution in [0.25, 0.3) is 0 Å². The van der Waals surface area contributed by atoms with Crippen molar-refractivity contribution in [1.82, 2.24) is 5.32 Å². The first kappa shape index (κ1) is 12.8. The van der Waals surface area contributed by atoms with Crippen LogP contribution in [0.1, 0.15) is 25.5 Å². The monoisotopic (exact) mass is 250 g/mol. The third-order valence-corrected chi connectivity index (χ3v) is 4.22. The predicted molar refractivity (Wildman–Crippen MR) is 78.1 cm³/mol. The highest BCUT2D eigenvalue weighted by molar-refractivity contribution is 7.99. The maximum atomic E-state index is 3.44. The van der Waals surface area contributed by atoms with E-state index in [1.165, 1.54) is 35.8 Å². The molecular formula is C14H22N2S. The number of rotatable bonds is 4. The largest absolute Gasteiger partial charge is 0.370 e. The van der Waals surface area contributed by atoms with Gasteiger partial charge in [0.1, 0.15) is 0 Å². The summed E-state index contributed by atoms with van der Waals surface area (Å²) in [4.78, 5) is 2.48. The number of benzene rings is 1. The van der Waals surface area contributed by atoms with Gasteiger partial charge in [0.2, 0.25) is 0 Å². The first-order valence-electron chi connectivity index (χ1n) is 6.47. The van der Waals surface area contributed by atoms with E-state index in [1.807, 2.05) is 0 Å². The van der Waals surface area contributed by atoms with Crippen LogP contribution in [0.4, 0.5) is 5.69 Å². The molecule has 1 aromatic rings. The zero-order chi connectivity index (χ0) is 12.1. The lowest BCUT2D eigenvalue weighted by Crippen LogP contribution is -2.32. The lowest BCUT2D eigenvalue weighted by Gasteiger charge is -2.28. The Morgan fingerprint density at radius 3 is 2.47 bits per heavy atom. The Bertz CT molecular complexity index is 331. The molecule has 1 atom stereocenters. The van der Waals surface area contributed by atoms with Crippen LogP contribution in [0.3, 0.4) is 0 Å². The maximum Gasteiger partial charge on any atom is 0.0366 e. The van der Waals surface area contributed by atoms with Crippen molar-refractivity contribution in [1.29, 1.82) is 0 Å². The van der Waals surface area contributed by atoms with E-state index in [0.29, 0.717) is 6.04 Å². The molecule has 3 heteroatoms. The fourth-order valence-corrected chi connectivity index (χ4v) is 3.12. The van der Waals surface area contributed by atoms with Crippen LogP contribution in [-0.2, 0) is 0 Å². The summed E-state index contributed by atoms with van der Waals surface area (Å²) in [6.07, 6.45) is 0. The van der Waals surface area contributed by atoms with E-state index in [2.05, 4.69) is 60.1 Å². The van der Waals surface area contributed by atoms with Gasteiger partial charge in [-0.2, -0.15) is 11.8 Å². The minimum atomic E-state index is 0.450. The van der Waals surface area contributed by atoms with Gasteiger partial charge >= 0.3 is 0 Å². The number of thioether (sulfide) groups is 1. The molecule has 17 heavy (non-hydrogen) atoms. The molecule has 0 bridgehead atoms. The van der Waals surface area contributed by atoms with Crippen molar-refractivity contribution in [2.75, 3.05) is 36.0 Å². The summed E-state index contributed by atoms with van der Waals surface area (Å²) in [5, 5.41) is 3.44. The lowest BCUT2D eigenvalue weighted by atomic mass is 10.1. The topological polar surface area (TPSA) is 15.3 Å². The highest BCUT2D eigenvalue weighted by atomic mass is 32.2. The zero-order valence-corrected chi connectivity index (χ0v) is 11.6. The average Bonchev–Trinajstić information content (AvgIpc) is 2.40. The average molecular weight is 250 g/mol. The van der Waals surface area contributed by atoms with Gasteiger partial charge in [-0.1, -0.05) is 19.1 Å². The Hall–Kier alpha value is -0.670. The van der Waals surface area contributed by atoms with E-state index >= 15 is 0 Å². The fourth-order valence-electron chi connectivity index (χ4n) is 2.22. The van der Waals surface area contributed by atoms with E-state index in [0.717, 1.165) is 6.54 Å². The fraction of sp³-hybridized carbons (Fsp3) is 0.571. The number of hydrogen-bond acceptors (Lipinski definition) is 3. The molecule has 1 fully saturated rings. The lowest BCUT2D eigenvalue weighted by molar-refractivity contribution is 0.598. The van der Waals surface area contributed by atoms with E-state index < -0.39 is 0 Å². The molecule has 1 aromatic carbocycles. The molecule has 1 heterocycles. The molecule has 1 N–H and O–H groups in total. The van der Waals surface area contributed by atoms with Gasteiger partial charge in [0.15, 0.2) is 0 Å². The Morgan fingerprint density at radius 1 is 1.24 bits per heavy atom. The van der Waals surface area contributed by atoms with Crippen LogP contribution < -0.4 is 10.2 Å². The molecular weight excluding hydrogens is 228 g/mol. The highest BCUT2D eigenvalue weighted by Crippen LogP contribution is 2.21. The zero-order valence-electron chi connectivity index (χ0n) is 10.8. The summed E-state index contributed by atoms with van der Waals surface area (Å²) >= 11 is 2.06. The van der Waals surface area contributed by atoms with Gasteiger partial charge in [0.05, 0.1) is 0 Å². The SMILES string of the molecule is CCNC(C)c1ccc(N2CCSCC2)cc1. The van der Waals surface area contributed by atoms with E-state index in [9.17, 15) is 0 Å². The van der Waals surface area contributed by atoms with Crippen molar-refractivity contribution in [2.45, 2.75) is 19.9 Å². The van der Waals surface area contributed by atoms with E-state index in [1.54, 1.807) is 0 Å². The van der Waals surface area contributed by atoms with Crippen LogP contribution in [0, 0.1) is 0 Å². The van der Waals surface area contributed by atoms with Crippen molar-refractivity contribution >= 4 is 17.4 Å². The third kappa shape index (κ3) is 3.39. The molecule has 2 nitrogen and oxygen atoms in total. The van der Waals surface area contributed by atoms with Gasteiger partial charge in [-0.05, 0) is 31.2 Å². The quantitative estimate of drug-likeness (QED) is 0.884. The Kier molecular flexibility index (Phi) is 4.75. The maximum absolute atomic E-state index is 3.44. The Morgan fingerprint density at radius 2 is 1.88 bits per heavy atom. The van der Waals surface area contributed by atoms with Gasteiger partial charge in [-0.3, -0.25) is 0 Å². The molecule has 1 aliphatic rings. The molecule has 0 saturated carbocycles.